The summed E-state index contributed by atoms with van der Waals surface area (Å²) in [6.07, 6.45) is 2.77. The van der Waals surface area contributed by atoms with Crippen molar-refractivity contribution in [2.45, 2.75) is 25.3 Å². The number of carbonyl (C=O) groups excluding carboxylic acids is 1. The van der Waals surface area contributed by atoms with E-state index in [1.807, 2.05) is 18.2 Å². The van der Waals surface area contributed by atoms with Crippen molar-refractivity contribution in [3.63, 3.8) is 0 Å². The maximum atomic E-state index is 12.4. The number of likely N-dealkylation sites (tertiary alicyclic amines) is 1. The van der Waals surface area contributed by atoms with Crippen molar-refractivity contribution >= 4 is 5.91 Å². The topological polar surface area (TPSA) is 26.8 Å². The van der Waals surface area contributed by atoms with Crippen LogP contribution in [0.15, 0.2) is 30.3 Å². The molecule has 4 heteroatoms. The first-order valence-electron chi connectivity index (χ1n) is 8.46. The van der Waals surface area contributed by atoms with Crippen molar-refractivity contribution in [1.82, 2.24) is 14.7 Å². The van der Waals surface area contributed by atoms with Gasteiger partial charge in [0, 0.05) is 45.2 Å². The molecule has 0 bridgehead atoms. The van der Waals surface area contributed by atoms with Gasteiger partial charge >= 0.3 is 0 Å². The Hall–Kier alpha value is -1.39. The molecule has 4 nitrogen and oxygen atoms in total. The van der Waals surface area contributed by atoms with Gasteiger partial charge in [0.15, 0.2) is 0 Å². The van der Waals surface area contributed by atoms with Gasteiger partial charge in [-0.15, -0.1) is 0 Å². The largest absolute Gasteiger partial charge is 0.340 e. The highest BCUT2D eigenvalue weighted by molar-refractivity contribution is 5.76. The molecule has 0 radical (unpaired) electrons. The molecule has 3 rings (SSSR count). The molecular weight excluding hydrogens is 274 g/mol. The average molecular weight is 301 g/mol. The molecule has 0 saturated carbocycles. The zero-order valence-corrected chi connectivity index (χ0v) is 13.6. The lowest BCUT2D eigenvalue weighted by atomic mass is 10.1. The molecule has 1 aromatic rings. The van der Waals surface area contributed by atoms with Crippen molar-refractivity contribution < 1.29 is 4.79 Å². The lowest BCUT2D eigenvalue weighted by Crippen LogP contribution is -2.52. The molecule has 1 aromatic carbocycles. The molecule has 2 aliphatic rings. The minimum atomic E-state index is 0.312. The van der Waals surface area contributed by atoms with Crippen LogP contribution >= 0.6 is 0 Å². The standard InChI is InChI=1S/C18H27N3O/c1-19-10-9-17(15-19)20-11-13-21(14-12-20)18(22)8-7-16-5-3-2-4-6-16/h2-6,17H,7-15H2,1H3. The second kappa shape index (κ2) is 7.25. The van der Waals surface area contributed by atoms with Gasteiger partial charge in [-0.3, -0.25) is 9.69 Å². The number of nitrogens with zero attached hydrogens (tertiary/aromatic N) is 3. The zero-order valence-electron chi connectivity index (χ0n) is 13.6. The molecule has 2 fully saturated rings. The monoisotopic (exact) mass is 301 g/mol. The smallest absolute Gasteiger partial charge is 0.222 e. The van der Waals surface area contributed by atoms with E-state index in [4.69, 9.17) is 0 Å². The highest BCUT2D eigenvalue weighted by Crippen LogP contribution is 2.16. The highest BCUT2D eigenvalue weighted by atomic mass is 16.2. The lowest BCUT2D eigenvalue weighted by Gasteiger charge is -2.38. The summed E-state index contributed by atoms with van der Waals surface area (Å²) in [5, 5.41) is 0. The number of piperazine rings is 1. The molecule has 2 aliphatic heterocycles. The van der Waals surface area contributed by atoms with Crippen LogP contribution in [-0.2, 0) is 11.2 Å². The van der Waals surface area contributed by atoms with Crippen LogP contribution in [0.3, 0.4) is 0 Å². The van der Waals surface area contributed by atoms with E-state index >= 15 is 0 Å². The summed E-state index contributed by atoms with van der Waals surface area (Å²) in [6, 6.07) is 11.0. The number of rotatable bonds is 4. The Morgan fingerprint density at radius 1 is 1.09 bits per heavy atom. The Morgan fingerprint density at radius 2 is 1.82 bits per heavy atom. The first-order valence-corrected chi connectivity index (χ1v) is 8.46. The maximum Gasteiger partial charge on any atom is 0.222 e. The summed E-state index contributed by atoms with van der Waals surface area (Å²) in [4.78, 5) is 19.4. The van der Waals surface area contributed by atoms with Gasteiger partial charge in [0.25, 0.3) is 0 Å². The SMILES string of the molecule is CN1CCC(N2CCN(C(=O)CCc3ccccc3)CC2)C1. The number of carbonyl (C=O) groups is 1. The van der Waals surface area contributed by atoms with Crippen molar-refractivity contribution in [2.24, 2.45) is 0 Å². The molecule has 2 saturated heterocycles. The molecule has 0 aromatic heterocycles. The van der Waals surface area contributed by atoms with Gasteiger partial charge in [0.1, 0.15) is 0 Å². The van der Waals surface area contributed by atoms with Crippen LogP contribution in [0, 0.1) is 0 Å². The van der Waals surface area contributed by atoms with Crippen LogP contribution in [-0.4, -0.2) is 73.0 Å². The second-order valence-electron chi connectivity index (χ2n) is 6.61. The van der Waals surface area contributed by atoms with E-state index in [1.165, 1.54) is 25.1 Å². The Bertz CT molecular complexity index is 482. The van der Waals surface area contributed by atoms with Crippen LogP contribution in [0.25, 0.3) is 0 Å². The van der Waals surface area contributed by atoms with Gasteiger partial charge in [0.05, 0.1) is 0 Å². The van der Waals surface area contributed by atoms with Crippen molar-refractivity contribution in [3.05, 3.63) is 35.9 Å². The Labute approximate surface area is 133 Å². The number of benzene rings is 1. The average Bonchev–Trinajstić information content (AvgIpc) is 3.00. The summed E-state index contributed by atoms with van der Waals surface area (Å²) < 4.78 is 0. The predicted molar refractivity (Wildman–Crippen MR) is 88.8 cm³/mol. The van der Waals surface area contributed by atoms with E-state index in [1.54, 1.807) is 0 Å². The molecule has 1 amide bonds. The predicted octanol–water partition coefficient (Wildman–Crippen LogP) is 1.47. The number of likely N-dealkylation sites (N-methyl/N-ethyl adjacent to an activating group) is 1. The van der Waals surface area contributed by atoms with Gasteiger partial charge in [-0.05, 0) is 32.0 Å². The van der Waals surface area contributed by atoms with E-state index in [0.717, 1.165) is 32.6 Å². The van der Waals surface area contributed by atoms with Gasteiger partial charge in [-0.1, -0.05) is 30.3 Å². The van der Waals surface area contributed by atoms with E-state index in [2.05, 4.69) is 33.9 Å². The quantitative estimate of drug-likeness (QED) is 0.842. The molecule has 1 atom stereocenters. The molecule has 0 N–H and O–H groups in total. The normalized spacial score (nSPS) is 23.9. The minimum absolute atomic E-state index is 0.312. The summed E-state index contributed by atoms with van der Waals surface area (Å²) in [5.41, 5.74) is 1.25. The van der Waals surface area contributed by atoms with E-state index < -0.39 is 0 Å². The first-order chi connectivity index (χ1) is 10.7. The van der Waals surface area contributed by atoms with Crippen LogP contribution < -0.4 is 0 Å². The second-order valence-corrected chi connectivity index (χ2v) is 6.61. The van der Waals surface area contributed by atoms with Crippen LogP contribution in [0.5, 0.6) is 0 Å². The molecule has 2 heterocycles. The fourth-order valence-corrected chi connectivity index (χ4v) is 3.60. The molecular formula is C18H27N3O. The summed E-state index contributed by atoms with van der Waals surface area (Å²) >= 11 is 0. The third-order valence-electron chi connectivity index (χ3n) is 5.02. The molecule has 120 valence electrons. The van der Waals surface area contributed by atoms with Crippen molar-refractivity contribution in [2.75, 3.05) is 46.3 Å². The van der Waals surface area contributed by atoms with Gasteiger partial charge in [-0.2, -0.15) is 0 Å². The summed E-state index contributed by atoms with van der Waals surface area (Å²) in [5.74, 6) is 0.312. The molecule has 0 aliphatic carbocycles. The first kappa shape index (κ1) is 15.5. The molecule has 22 heavy (non-hydrogen) atoms. The number of amides is 1. The fraction of sp³-hybridized carbons (Fsp3) is 0.611. The number of hydrogen-bond acceptors (Lipinski definition) is 3. The zero-order chi connectivity index (χ0) is 15.4. The summed E-state index contributed by atoms with van der Waals surface area (Å²) in [6.45, 7) is 6.26. The van der Waals surface area contributed by atoms with E-state index in [9.17, 15) is 4.79 Å². The van der Waals surface area contributed by atoms with Gasteiger partial charge in [0.2, 0.25) is 5.91 Å². The fourth-order valence-electron chi connectivity index (χ4n) is 3.60. The lowest BCUT2D eigenvalue weighted by molar-refractivity contribution is -0.133. The third kappa shape index (κ3) is 3.87. The van der Waals surface area contributed by atoms with Crippen LogP contribution in [0.2, 0.25) is 0 Å². The number of aryl methyl sites for hydroxylation is 1. The van der Waals surface area contributed by atoms with Crippen LogP contribution in [0.4, 0.5) is 0 Å². The highest BCUT2D eigenvalue weighted by Gasteiger charge is 2.29. The van der Waals surface area contributed by atoms with Crippen molar-refractivity contribution in [3.8, 4) is 0 Å². The Morgan fingerprint density at radius 3 is 2.45 bits per heavy atom. The molecule has 1 unspecified atom stereocenters. The van der Waals surface area contributed by atoms with E-state index in [0.29, 0.717) is 18.4 Å². The number of hydrogen-bond donors (Lipinski definition) is 0. The Kier molecular flexibility index (Phi) is 5.11. The van der Waals surface area contributed by atoms with Gasteiger partial charge < -0.3 is 9.80 Å². The van der Waals surface area contributed by atoms with Crippen molar-refractivity contribution in [1.29, 1.82) is 0 Å². The van der Waals surface area contributed by atoms with Gasteiger partial charge in [-0.25, -0.2) is 0 Å². The Balaban J connectivity index is 1.42. The maximum absolute atomic E-state index is 12.4. The third-order valence-corrected chi connectivity index (χ3v) is 5.02. The molecule has 0 spiro atoms. The van der Waals surface area contributed by atoms with Crippen LogP contribution in [0.1, 0.15) is 18.4 Å². The summed E-state index contributed by atoms with van der Waals surface area (Å²) in [7, 11) is 2.20. The van der Waals surface area contributed by atoms with E-state index in [-0.39, 0.29) is 0 Å². The minimum Gasteiger partial charge on any atom is -0.340 e.